The van der Waals surface area contributed by atoms with Gasteiger partial charge >= 0.3 is 6.03 Å². The predicted octanol–water partition coefficient (Wildman–Crippen LogP) is -1.31. The van der Waals surface area contributed by atoms with Gasteiger partial charge in [0.1, 0.15) is 0 Å². The number of primary amides is 1. The van der Waals surface area contributed by atoms with Gasteiger partial charge in [-0.15, -0.1) is 0 Å². The van der Waals surface area contributed by atoms with Crippen LogP contribution < -0.4 is 11.1 Å². The van der Waals surface area contributed by atoms with Gasteiger partial charge in [0.25, 0.3) is 0 Å². The molecule has 0 spiro atoms. The van der Waals surface area contributed by atoms with E-state index in [4.69, 9.17) is 5.73 Å². The zero-order valence-corrected chi connectivity index (χ0v) is 8.01. The first kappa shape index (κ1) is 10.3. The van der Waals surface area contributed by atoms with Gasteiger partial charge in [-0.3, -0.25) is 0 Å². The van der Waals surface area contributed by atoms with Crippen LogP contribution in [0.3, 0.4) is 0 Å². The van der Waals surface area contributed by atoms with Crippen LogP contribution in [-0.4, -0.2) is 44.1 Å². The topological polar surface area (TPSA) is 92.5 Å². The molecule has 1 saturated heterocycles. The summed E-state index contributed by atoms with van der Waals surface area (Å²) in [5.41, 5.74) is 4.83. The van der Waals surface area contributed by atoms with Crippen LogP contribution in [0.2, 0.25) is 0 Å². The van der Waals surface area contributed by atoms with Crippen molar-refractivity contribution in [2.75, 3.05) is 25.4 Å². The number of sulfonamides is 1. The molecular weight excluding hydrogens is 194 g/mol. The highest BCUT2D eigenvalue weighted by molar-refractivity contribution is 7.89. The van der Waals surface area contributed by atoms with Crippen molar-refractivity contribution < 1.29 is 13.2 Å². The van der Waals surface area contributed by atoms with Gasteiger partial charge in [0.05, 0.1) is 5.75 Å². The lowest BCUT2D eigenvalue weighted by Crippen LogP contribution is -2.38. The highest BCUT2D eigenvalue weighted by atomic mass is 32.2. The van der Waals surface area contributed by atoms with Gasteiger partial charge in [0.15, 0.2) is 0 Å². The van der Waals surface area contributed by atoms with Crippen molar-refractivity contribution in [1.29, 1.82) is 0 Å². The Balaban J connectivity index is 2.33. The molecule has 1 fully saturated rings. The first-order valence-corrected chi connectivity index (χ1v) is 5.64. The Bertz CT molecular complexity index is 287. The number of nitrogens with two attached hydrogens (primary N) is 1. The van der Waals surface area contributed by atoms with Crippen molar-refractivity contribution in [3.8, 4) is 0 Å². The molecule has 2 amide bonds. The Hall–Kier alpha value is -0.820. The largest absolute Gasteiger partial charge is 0.352 e. The van der Waals surface area contributed by atoms with Crippen LogP contribution in [0, 0.1) is 0 Å². The van der Waals surface area contributed by atoms with E-state index in [1.165, 1.54) is 4.31 Å². The third-order valence-electron chi connectivity index (χ3n) is 1.86. The highest BCUT2D eigenvalue weighted by Crippen LogP contribution is 2.11. The van der Waals surface area contributed by atoms with E-state index in [1.54, 1.807) is 0 Å². The molecule has 0 radical (unpaired) electrons. The number of urea groups is 1. The van der Waals surface area contributed by atoms with Crippen molar-refractivity contribution in [1.82, 2.24) is 9.62 Å². The molecule has 0 aromatic rings. The number of nitrogens with zero attached hydrogens (tertiary/aromatic N) is 1. The molecule has 0 atom stereocenters. The SMILES string of the molecule is NC(=O)NCCN1CCCS1(=O)=O. The average Bonchev–Trinajstić information content (AvgIpc) is 2.30. The Morgan fingerprint density at radius 3 is 2.69 bits per heavy atom. The van der Waals surface area contributed by atoms with E-state index in [0.717, 1.165) is 0 Å². The second kappa shape index (κ2) is 3.93. The summed E-state index contributed by atoms with van der Waals surface area (Å²) in [5.74, 6) is 0.212. The Morgan fingerprint density at radius 1 is 1.54 bits per heavy atom. The van der Waals surface area contributed by atoms with E-state index in [2.05, 4.69) is 5.32 Å². The predicted molar refractivity (Wildman–Crippen MR) is 47.6 cm³/mol. The van der Waals surface area contributed by atoms with E-state index < -0.39 is 16.1 Å². The summed E-state index contributed by atoms with van der Waals surface area (Å²) in [4.78, 5) is 10.3. The van der Waals surface area contributed by atoms with Crippen LogP contribution in [0.25, 0.3) is 0 Å². The van der Waals surface area contributed by atoms with E-state index in [1.807, 2.05) is 0 Å². The lowest BCUT2D eigenvalue weighted by Gasteiger charge is -2.13. The minimum absolute atomic E-state index is 0.212. The van der Waals surface area contributed by atoms with E-state index >= 15 is 0 Å². The van der Waals surface area contributed by atoms with Crippen molar-refractivity contribution in [3.05, 3.63) is 0 Å². The molecule has 1 heterocycles. The molecule has 1 rings (SSSR count). The molecule has 6 nitrogen and oxygen atoms in total. The number of carbonyl (C=O) groups is 1. The number of hydrogen-bond donors (Lipinski definition) is 2. The zero-order valence-electron chi connectivity index (χ0n) is 7.19. The highest BCUT2D eigenvalue weighted by Gasteiger charge is 2.27. The molecule has 1 aliphatic heterocycles. The molecule has 0 bridgehead atoms. The Kier molecular flexibility index (Phi) is 3.10. The second-order valence-electron chi connectivity index (χ2n) is 2.86. The quantitative estimate of drug-likeness (QED) is 0.601. The van der Waals surface area contributed by atoms with Crippen LogP contribution in [0.1, 0.15) is 6.42 Å². The maximum Gasteiger partial charge on any atom is 0.312 e. The summed E-state index contributed by atoms with van der Waals surface area (Å²) in [7, 11) is -3.04. The smallest absolute Gasteiger partial charge is 0.312 e. The standard InChI is InChI=1S/C6H13N3O3S/c7-6(10)8-2-4-9-3-1-5-13(9,11)12/h1-5H2,(H3,7,8,10). The summed E-state index contributed by atoms with van der Waals surface area (Å²) in [6, 6.07) is -0.628. The minimum Gasteiger partial charge on any atom is -0.352 e. The third kappa shape index (κ3) is 2.85. The number of carbonyl (C=O) groups excluding carboxylic acids is 1. The van der Waals surface area contributed by atoms with Crippen molar-refractivity contribution in [2.45, 2.75) is 6.42 Å². The lowest BCUT2D eigenvalue weighted by atomic mass is 10.5. The lowest BCUT2D eigenvalue weighted by molar-refractivity contribution is 0.248. The summed E-state index contributed by atoms with van der Waals surface area (Å²) in [6.45, 7) is 1.13. The minimum atomic E-state index is -3.04. The fraction of sp³-hybridized carbons (Fsp3) is 0.833. The van der Waals surface area contributed by atoms with E-state index in [9.17, 15) is 13.2 Å². The molecule has 0 aromatic heterocycles. The summed E-state index contributed by atoms with van der Waals surface area (Å²) >= 11 is 0. The molecule has 76 valence electrons. The Morgan fingerprint density at radius 2 is 2.23 bits per heavy atom. The van der Waals surface area contributed by atoms with Gasteiger partial charge in [0, 0.05) is 19.6 Å². The van der Waals surface area contributed by atoms with Crippen molar-refractivity contribution in [2.24, 2.45) is 5.73 Å². The van der Waals surface area contributed by atoms with Gasteiger partial charge in [-0.05, 0) is 6.42 Å². The number of hydrogen-bond acceptors (Lipinski definition) is 3. The van der Waals surface area contributed by atoms with Crippen LogP contribution in [0.4, 0.5) is 4.79 Å². The van der Waals surface area contributed by atoms with Crippen LogP contribution in [-0.2, 0) is 10.0 Å². The first-order chi connectivity index (χ1) is 6.02. The maximum atomic E-state index is 11.2. The number of amides is 2. The average molecular weight is 207 g/mol. The normalized spacial score (nSPS) is 21.5. The van der Waals surface area contributed by atoms with Gasteiger partial charge in [0.2, 0.25) is 10.0 Å². The molecule has 0 aliphatic carbocycles. The van der Waals surface area contributed by atoms with Gasteiger partial charge in [-0.2, -0.15) is 0 Å². The fourth-order valence-corrected chi connectivity index (χ4v) is 2.78. The van der Waals surface area contributed by atoms with Gasteiger partial charge < -0.3 is 11.1 Å². The number of nitrogens with one attached hydrogen (secondary N) is 1. The molecular formula is C6H13N3O3S. The molecule has 0 aromatic carbocycles. The van der Waals surface area contributed by atoms with Gasteiger partial charge in [-0.25, -0.2) is 17.5 Å². The maximum absolute atomic E-state index is 11.2. The van der Waals surface area contributed by atoms with Crippen LogP contribution >= 0.6 is 0 Å². The molecule has 3 N–H and O–H groups in total. The molecule has 0 saturated carbocycles. The van der Waals surface area contributed by atoms with E-state index in [0.29, 0.717) is 19.5 Å². The van der Waals surface area contributed by atoms with Crippen molar-refractivity contribution >= 4 is 16.1 Å². The van der Waals surface area contributed by atoms with Crippen LogP contribution in [0.5, 0.6) is 0 Å². The van der Waals surface area contributed by atoms with Crippen molar-refractivity contribution in [3.63, 3.8) is 0 Å². The molecule has 1 aliphatic rings. The first-order valence-electron chi connectivity index (χ1n) is 4.03. The zero-order chi connectivity index (χ0) is 9.90. The number of rotatable bonds is 3. The fourth-order valence-electron chi connectivity index (χ4n) is 1.25. The van der Waals surface area contributed by atoms with Crippen LogP contribution in [0.15, 0.2) is 0 Å². The molecule has 0 unspecified atom stereocenters. The van der Waals surface area contributed by atoms with E-state index in [-0.39, 0.29) is 12.3 Å². The summed E-state index contributed by atoms with van der Waals surface area (Å²) in [6.07, 6.45) is 0.666. The molecule has 7 heteroatoms. The summed E-state index contributed by atoms with van der Waals surface area (Å²) in [5, 5.41) is 2.34. The molecule has 13 heavy (non-hydrogen) atoms. The monoisotopic (exact) mass is 207 g/mol. The Labute approximate surface area is 77.1 Å². The van der Waals surface area contributed by atoms with Gasteiger partial charge in [-0.1, -0.05) is 0 Å². The second-order valence-corrected chi connectivity index (χ2v) is 4.95. The third-order valence-corrected chi connectivity index (χ3v) is 3.82. The summed E-state index contributed by atoms with van der Waals surface area (Å²) < 4.78 is 23.8.